The summed E-state index contributed by atoms with van der Waals surface area (Å²) in [6.45, 7) is 2.29. The summed E-state index contributed by atoms with van der Waals surface area (Å²) in [6.07, 6.45) is 0. The van der Waals surface area contributed by atoms with E-state index in [1.807, 2.05) is 6.92 Å². The van der Waals surface area contributed by atoms with E-state index < -0.39 is 0 Å². The second-order valence-corrected chi connectivity index (χ2v) is 3.31. The highest BCUT2D eigenvalue weighted by Crippen LogP contribution is 2.37. The van der Waals surface area contributed by atoms with Gasteiger partial charge in [0.1, 0.15) is 0 Å². The summed E-state index contributed by atoms with van der Waals surface area (Å²) in [5, 5.41) is 0.642. The Kier molecular flexibility index (Phi) is 3.61. The molecule has 0 atom stereocenters. The van der Waals surface area contributed by atoms with Crippen LogP contribution < -0.4 is 15.2 Å². The Morgan fingerprint density at radius 3 is 2.43 bits per heavy atom. The Morgan fingerprint density at radius 1 is 1.36 bits per heavy atom. The lowest BCUT2D eigenvalue weighted by Crippen LogP contribution is -2.04. The van der Waals surface area contributed by atoms with Crippen LogP contribution >= 0.6 is 11.6 Å². The van der Waals surface area contributed by atoms with E-state index in [0.717, 1.165) is 11.1 Å². The topological polar surface area (TPSA) is 44.5 Å². The molecule has 0 aromatic heterocycles. The van der Waals surface area contributed by atoms with Gasteiger partial charge in [-0.3, -0.25) is 0 Å². The van der Waals surface area contributed by atoms with Gasteiger partial charge in [0, 0.05) is 23.2 Å². The molecule has 0 radical (unpaired) electrons. The number of hydrogen-bond donors (Lipinski definition) is 1. The number of rotatable bonds is 3. The van der Waals surface area contributed by atoms with E-state index in [1.165, 1.54) is 0 Å². The standard InChI is InChI=1S/C10H14ClNO2/c1-6-7(5-12)10(14-3)9(13-2)4-8(6)11/h4H,5,12H2,1-3H3. The molecule has 0 saturated heterocycles. The average Bonchev–Trinajstić information content (AvgIpc) is 2.20. The largest absolute Gasteiger partial charge is 0.493 e. The molecule has 1 aromatic rings. The first-order valence-corrected chi connectivity index (χ1v) is 4.63. The van der Waals surface area contributed by atoms with Crippen molar-refractivity contribution in [2.45, 2.75) is 13.5 Å². The van der Waals surface area contributed by atoms with E-state index in [0.29, 0.717) is 23.1 Å². The molecule has 0 bridgehead atoms. The van der Waals surface area contributed by atoms with E-state index in [1.54, 1.807) is 20.3 Å². The van der Waals surface area contributed by atoms with Gasteiger partial charge in [0.05, 0.1) is 14.2 Å². The quantitative estimate of drug-likeness (QED) is 0.840. The summed E-state index contributed by atoms with van der Waals surface area (Å²) >= 11 is 6.01. The first-order valence-electron chi connectivity index (χ1n) is 4.25. The molecule has 78 valence electrons. The molecule has 4 heteroatoms. The number of hydrogen-bond acceptors (Lipinski definition) is 3. The molecule has 0 unspecified atom stereocenters. The molecule has 14 heavy (non-hydrogen) atoms. The second kappa shape index (κ2) is 4.53. The van der Waals surface area contributed by atoms with Crippen molar-refractivity contribution in [2.24, 2.45) is 5.73 Å². The molecule has 0 spiro atoms. The summed E-state index contributed by atoms with van der Waals surface area (Å²) in [6, 6.07) is 1.73. The van der Waals surface area contributed by atoms with Crippen molar-refractivity contribution < 1.29 is 9.47 Å². The molecular weight excluding hydrogens is 202 g/mol. The Hall–Kier alpha value is -0.930. The molecule has 0 aliphatic heterocycles. The lowest BCUT2D eigenvalue weighted by Gasteiger charge is -2.15. The molecule has 0 aliphatic carbocycles. The molecule has 1 aromatic carbocycles. The summed E-state index contributed by atoms with van der Waals surface area (Å²) in [5.74, 6) is 1.28. The number of benzene rings is 1. The maximum absolute atomic E-state index is 6.01. The molecule has 0 saturated carbocycles. The van der Waals surface area contributed by atoms with Crippen LogP contribution in [0.2, 0.25) is 5.02 Å². The van der Waals surface area contributed by atoms with Crippen molar-refractivity contribution in [2.75, 3.05) is 14.2 Å². The molecule has 1 rings (SSSR count). The monoisotopic (exact) mass is 215 g/mol. The van der Waals surface area contributed by atoms with Gasteiger partial charge in [-0.25, -0.2) is 0 Å². The van der Waals surface area contributed by atoms with Gasteiger partial charge in [-0.1, -0.05) is 11.6 Å². The first kappa shape index (κ1) is 11.1. The number of ether oxygens (including phenoxy) is 2. The summed E-state index contributed by atoms with van der Waals surface area (Å²) in [5.41, 5.74) is 7.45. The van der Waals surface area contributed by atoms with Crippen LogP contribution in [-0.2, 0) is 6.54 Å². The van der Waals surface area contributed by atoms with Crippen LogP contribution in [0.1, 0.15) is 11.1 Å². The zero-order valence-electron chi connectivity index (χ0n) is 8.56. The van der Waals surface area contributed by atoms with E-state index in [2.05, 4.69) is 0 Å². The van der Waals surface area contributed by atoms with E-state index in [9.17, 15) is 0 Å². The van der Waals surface area contributed by atoms with Gasteiger partial charge in [0.2, 0.25) is 0 Å². The highest BCUT2D eigenvalue weighted by molar-refractivity contribution is 6.31. The molecule has 0 aliphatic rings. The van der Waals surface area contributed by atoms with Crippen molar-refractivity contribution >= 4 is 11.6 Å². The Bertz CT molecular complexity index is 339. The summed E-state index contributed by atoms with van der Waals surface area (Å²) < 4.78 is 10.4. The van der Waals surface area contributed by atoms with Crippen molar-refractivity contribution in [3.8, 4) is 11.5 Å². The number of nitrogens with two attached hydrogens (primary N) is 1. The maximum atomic E-state index is 6.01. The predicted octanol–water partition coefficient (Wildman–Crippen LogP) is 2.12. The fourth-order valence-electron chi connectivity index (χ4n) is 1.37. The van der Waals surface area contributed by atoms with Crippen LogP contribution in [0.15, 0.2) is 6.07 Å². The Balaban J connectivity index is 3.42. The average molecular weight is 216 g/mol. The Labute approximate surface area is 88.8 Å². The van der Waals surface area contributed by atoms with E-state index in [-0.39, 0.29) is 0 Å². The van der Waals surface area contributed by atoms with Crippen LogP contribution in [0.3, 0.4) is 0 Å². The maximum Gasteiger partial charge on any atom is 0.165 e. The summed E-state index contributed by atoms with van der Waals surface area (Å²) in [4.78, 5) is 0. The second-order valence-electron chi connectivity index (χ2n) is 2.90. The highest BCUT2D eigenvalue weighted by atomic mass is 35.5. The van der Waals surface area contributed by atoms with Crippen LogP contribution in [0.5, 0.6) is 11.5 Å². The minimum atomic E-state index is 0.381. The zero-order valence-corrected chi connectivity index (χ0v) is 9.31. The fourth-order valence-corrected chi connectivity index (χ4v) is 1.59. The van der Waals surface area contributed by atoms with Crippen LogP contribution in [-0.4, -0.2) is 14.2 Å². The zero-order chi connectivity index (χ0) is 10.7. The van der Waals surface area contributed by atoms with Crippen LogP contribution in [0.25, 0.3) is 0 Å². The van der Waals surface area contributed by atoms with Crippen LogP contribution in [0, 0.1) is 6.92 Å². The number of methoxy groups -OCH3 is 2. The molecule has 3 nitrogen and oxygen atoms in total. The van der Waals surface area contributed by atoms with Gasteiger partial charge >= 0.3 is 0 Å². The lowest BCUT2D eigenvalue weighted by atomic mass is 10.1. The predicted molar refractivity (Wildman–Crippen MR) is 57.2 cm³/mol. The van der Waals surface area contributed by atoms with Gasteiger partial charge < -0.3 is 15.2 Å². The van der Waals surface area contributed by atoms with Crippen LogP contribution in [0.4, 0.5) is 0 Å². The van der Waals surface area contributed by atoms with Crippen molar-refractivity contribution in [3.63, 3.8) is 0 Å². The molecule has 2 N–H and O–H groups in total. The molecule has 0 fully saturated rings. The van der Waals surface area contributed by atoms with Gasteiger partial charge in [0.25, 0.3) is 0 Å². The van der Waals surface area contributed by atoms with Gasteiger partial charge in [-0.2, -0.15) is 0 Å². The third-order valence-corrected chi connectivity index (χ3v) is 2.59. The van der Waals surface area contributed by atoms with Gasteiger partial charge in [0.15, 0.2) is 11.5 Å². The lowest BCUT2D eigenvalue weighted by molar-refractivity contribution is 0.351. The van der Waals surface area contributed by atoms with Crippen molar-refractivity contribution in [3.05, 3.63) is 22.2 Å². The Morgan fingerprint density at radius 2 is 2.00 bits per heavy atom. The first-order chi connectivity index (χ1) is 6.65. The fraction of sp³-hybridized carbons (Fsp3) is 0.400. The number of halogens is 1. The smallest absolute Gasteiger partial charge is 0.165 e. The minimum absolute atomic E-state index is 0.381. The van der Waals surface area contributed by atoms with Gasteiger partial charge in [-0.05, 0) is 12.5 Å². The van der Waals surface area contributed by atoms with E-state index in [4.69, 9.17) is 26.8 Å². The normalized spacial score (nSPS) is 10.1. The minimum Gasteiger partial charge on any atom is -0.493 e. The molecular formula is C10H14ClNO2. The third-order valence-electron chi connectivity index (χ3n) is 2.19. The van der Waals surface area contributed by atoms with Crippen molar-refractivity contribution in [1.29, 1.82) is 0 Å². The summed E-state index contributed by atoms with van der Waals surface area (Å²) in [7, 11) is 3.16. The highest BCUT2D eigenvalue weighted by Gasteiger charge is 2.14. The molecule has 0 amide bonds. The van der Waals surface area contributed by atoms with E-state index >= 15 is 0 Å². The third kappa shape index (κ3) is 1.79. The molecule has 0 heterocycles. The van der Waals surface area contributed by atoms with Gasteiger partial charge in [-0.15, -0.1) is 0 Å². The SMILES string of the molecule is COc1cc(Cl)c(C)c(CN)c1OC. The van der Waals surface area contributed by atoms with Crippen molar-refractivity contribution in [1.82, 2.24) is 0 Å².